The molecule has 7 rings (SSSR count). The number of aromatic hydroxyl groups is 1. The maximum absolute atomic E-state index is 13.5. The summed E-state index contributed by atoms with van der Waals surface area (Å²) in [6.07, 6.45) is -0.0411. The number of carboxylic acids is 1. The predicted octanol–water partition coefficient (Wildman–Crippen LogP) is 3.39. The largest absolute Gasteiger partial charge is 0.508 e. The zero-order chi connectivity index (χ0) is 44.0. The minimum atomic E-state index is -5.73. The van der Waals surface area contributed by atoms with Gasteiger partial charge in [-0.15, -0.1) is 0 Å². The van der Waals surface area contributed by atoms with Gasteiger partial charge in [0, 0.05) is 40.4 Å². The Bertz CT molecular complexity index is 3070. The van der Waals surface area contributed by atoms with Crippen LogP contribution in [0, 0.1) is 11.8 Å². The number of phosphoric acid groups is 3. The van der Waals surface area contributed by atoms with Crippen LogP contribution in [0.2, 0.25) is 0 Å². The Morgan fingerprint density at radius 1 is 0.984 bits per heavy atom. The molecule has 3 aliphatic rings. The van der Waals surface area contributed by atoms with E-state index in [1.54, 1.807) is 0 Å². The molecule has 0 bridgehead atoms. The number of carboxylic acid groups (broad SMARTS) is 1. The van der Waals surface area contributed by atoms with Gasteiger partial charge < -0.3 is 54.6 Å². The van der Waals surface area contributed by atoms with E-state index in [0.29, 0.717) is 16.5 Å². The number of aromatic amines is 1. The number of nitrogens with one attached hydrogen (secondary N) is 2. The first kappa shape index (κ1) is 43.1. The summed E-state index contributed by atoms with van der Waals surface area (Å²) in [7, 11) is -16.7. The lowest BCUT2D eigenvalue weighted by molar-refractivity contribution is -0.0202. The van der Waals surface area contributed by atoms with Crippen molar-refractivity contribution in [1.29, 1.82) is 0 Å². The molecule has 2 aromatic carbocycles. The summed E-state index contributed by atoms with van der Waals surface area (Å²) in [5.74, 6) is 3.31. The van der Waals surface area contributed by atoms with Gasteiger partial charge in [-0.05, 0) is 60.9 Å². The fourth-order valence-corrected chi connectivity index (χ4v) is 9.62. The molecule has 61 heavy (non-hydrogen) atoms. The van der Waals surface area contributed by atoms with Gasteiger partial charge >= 0.3 is 29.4 Å². The van der Waals surface area contributed by atoms with Gasteiger partial charge in [0.2, 0.25) is 5.95 Å². The number of H-pyrrole nitrogens is 1. The summed E-state index contributed by atoms with van der Waals surface area (Å²) in [6.45, 7) is -0.977. The van der Waals surface area contributed by atoms with Crippen molar-refractivity contribution in [2.45, 2.75) is 25.2 Å². The number of carbonyl (C=O) groups is 2. The molecule has 1 saturated heterocycles. The number of phenolic OH excluding ortho intramolecular Hbond substituents is 1. The Kier molecular flexibility index (Phi) is 11.6. The van der Waals surface area contributed by atoms with Crippen LogP contribution >= 0.6 is 23.5 Å². The van der Waals surface area contributed by atoms with Gasteiger partial charge in [-0.2, -0.15) is 13.6 Å². The molecule has 4 aromatic rings. The van der Waals surface area contributed by atoms with E-state index in [1.807, 2.05) is 0 Å². The van der Waals surface area contributed by atoms with Crippen molar-refractivity contribution in [3.8, 4) is 40.0 Å². The first-order valence-corrected chi connectivity index (χ1v) is 21.9. The molecule has 0 saturated carbocycles. The number of nitrogen functional groups attached to an aromatic ring is 1. The van der Waals surface area contributed by atoms with Gasteiger partial charge in [-0.1, -0.05) is 11.8 Å². The van der Waals surface area contributed by atoms with Crippen LogP contribution < -0.4 is 22.0 Å². The van der Waals surface area contributed by atoms with Gasteiger partial charge in [0.25, 0.3) is 11.5 Å². The fourth-order valence-electron chi connectivity index (χ4n) is 6.58. The predicted molar refractivity (Wildman–Crippen MR) is 210 cm³/mol. The van der Waals surface area contributed by atoms with E-state index >= 15 is 0 Å². The monoisotopic (exact) mass is 901 g/mol. The standard InChI is InChI=1S/C35H30N5O18P3/c36-35-38-31-29(33(44)39-35)18(15-40(31)28-10-6-21(55-28)16-54-60(50,51)58-61(52,53)57-59(47,48)49)2-1-11-37-32(43)17-3-7-22(34(45)46)25(12-17)30-23-8-4-19(41)13-26(23)56-27-14-20(42)5-9-24(27)30/h3-5,7-9,12-15,21,28,41H,6,10-11,16H2,(H,37,43)(H,45,46)(H,50,51)(H,52,53)(H2,47,48,49)(H3,36,38,39,44)/t21-,28+/m0/s1. The molecule has 0 radical (unpaired) electrons. The maximum atomic E-state index is 13.5. The van der Waals surface area contributed by atoms with Crippen LogP contribution in [0.3, 0.4) is 0 Å². The van der Waals surface area contributed by atoms with Crippen molar-refractivity contribution in [3.05, 3.63) is 98.1 Å². The van der Waals surface area contributed by atoms with Gasteiger partial charge in [-0.3, -0.25) is 23.9 Å². The fraction of sp³-hybridized carbons (Fsp3) is 0.171. The molecule has 1 fully saturated rings. The van der Waals surface area contributed by atoms with Crippen LogP contribution in [0.15, 0.2) is 74.8 Å². The summed E-state index contributed by atoms with van der Waals surface area (Å²) < 4.78 is 60.0. The van der Waals surface area contributed by atoms with Crippen LogP contribution in [0.1, 0.15) is 45.3 Å². The smallest absolute Gasteiger partial charge is 0.490 e. The molecule has 318 valence electrons. The molecule has 1 amide bonds. The van der Waals surface area contributed by atoms with Crippen LogP contribution in [0.5, 0.6) is 5.75 Å². The number of nitrogens with two attached hydrogens (primary N) is 1. The normalized spacial score (nSPS) is 17.4. The Morgan fingerprint density at radius 3 is 2.49 bits per heavy atom. The van der Waals surface area contributed by atoms with Gasteiger partial charge in [0.15, 0.2) is 11.1 Å². The van der Waals surface area contributed by atoms with Crippen molar-refractivity contribution < 1.29 is 75.4 Å². The van der Waals surface area contributed by atoms with E-state index in [9.17, 15) is 52.9 Å². The number of amides is 1. The highest BCUT2D eigenvalue weighted by Gasteiger charge is 2.41. The molecule has 2 aromatic heterocycles. The number of aromatic carboxylic acids is 1. The molecule has 23 nitrogen and oxygen atoms in total. The van der Waals surface area contributed by atoms with Crippen molar-refractivity contribution in [3.63, 3.8) is 0 Å². The SMILES string of the molecule is Nc1nc2c(c(C#CCNC(=O)c3ccc(C(=O)O)c(-c4c5ccc(=O)cc-5oc5cc(O)ccc45)c3)cn2[C@H]2CC[C@@H](COP(=O)(O)OP(=O)(O)OP(=O)(O)O)O2)c(=O)[nH]1. The molecular formula is C35H30N5O18P3. The lowest BCUT2D eigenvalue weighted by Crippen LogP contribution is -2.23. The summed E-state index contributed by atoms with van der Waals surface area (Å²) in [4.78, 5) is 94.3. The van der Waals surface area contributed by atoms with Crippen LogP contribution in [-0.2, 0) is 31.6 Å². The molecule has 2 unspecified atom stereocenters. The highest BCUT2D eigenvalue weighted by atomic mass is 31.3. The summed E-state index contributed by atoms with van der Waals surface area (Å²) in [5, 5.41) is 23.3. The maximum Gasteiger partial charge on any atom is 0.490 e. The van der Waals surface area contributed by atoms with E-state index in [1.165, 1.54) is 65.4 Å². The Hall–Kier alpha value is -5.98. The molecule has 26 heteroatoms. The number of aromatic nitrogens is 3. The highest BCUT2D eigenvalue weighted by Crippen LogP contribution is 2.66. The quantitative estimate of drug-likeness (QED) is 0.0483. The number of ether oxygens (including phenoxy) is 1. The zero-order valence-electron chi connectivity index (χ0n) is 30.7. The van der Waals surface area contributed by atoms with Gasteiger partial charge in [-0.25, -0.2) is 18.5 Å². The number of phenols is 1. The molecular weight excluding hydrogens is 871 g/mol. The Labute approximate surface area is 340 Å². The average Bonchev–Trinajstić information content (AvgIpc) is 3.77. The van der Waals surface area contributed by atoms with Crippen LogP contribution in [0.25, 0.3) is 44.5 Å². The number of anilines is 1. The third kappa shape index (κ3) is 9.66. The molecule has 4 heterocycles. The second-order valence-corrected chi connectivity index (χ2v) is 17.6. The van der Waals surface area contributed by atoms with Crippen LogP contribution in [0.4, 0.5) is 5.95 Å². The Morgan fingerprint density at radius 2 is 1.75 bits per heavy atom. The van der Waals surface area contributed by atoms with E-state index in [-0.39, 0.29) is 81.1 Å². The summed E-state index contributed by atoms with van der Waals surface area (Å²) in [5.41, 5.74) is 5.76. The number of fused-ring (bicyclic) bond motifs is 3. The van der Waals surface area contributed by atoms with Crippen molar-refractivity contribution >= 4 is 63.3 Å². The van der Waals surface area contributed by atoms with E-state index in [2.05, 4.69) is 40.3 Å². The van der Waals surface area contributed by atoms with Crippen molar-refractivity contribution in [1.82, 2.24) is 19.9 Å². The van der Waals surface area contributed by atoms with Gasteiger partial charge in [0.1, 0.15) is 23.3 Å². The van der Waals surface area contributed by atoms with E-state index in [4.69, 9.17) is 24.7 Å². The van der Waals surface area contributed by atoms with E-state index < -0.39 is 59.8 Å². The molecule has 4 atom stereocenters. The number of carbonyl (C=O) groups excluding carboxylic acids is 1. The van der Waals surface area contributed by atoms with Gasteiger partial charge in [0.05, 0.1) is 35.8 Å². The lowest BCUT2D eigenvalue weighted by atomic mass is 9.89. The van der Waals surface area contributed by atoms with Crippen LogP contribution in [-0.4, -0.2) is 75.5 Å². The third-order valence-corrected chi connectivity index (χ3v) is 12.8. The summed E-state index contributed by atoms with van der Waals surface area (Å²) >= 11 is 0. The minimum absolute atomic E-state index is 0.00583. The van der Waals surface area contributed by atoms with Crippen molar-refractivity contribution in [2.75, 3.05) is 18.9 Å². The second-order valence-electron chi connectivity index (χ2n) is 13.1. The molecule has 1 aliphatic carbocycles. The Balaban J connectivity index is 1.10. The topological polar surface area (TPSA) is 363 Å². The van der Waals surface area contributed by atoms with Crippen molar-refractivity contribution in [2.24, 2.45) is 0 Å². The third-order valence-electron chi connectivity index (χ3n) is 8.95. The number of hydrogen-bond acceptors (Lipinski definition) is 15. The minimum Gasteiger partial charge on any atom is -0.508 e. The first-order valence-electron chi connectivity index (χ1n) is 17.4. The molecule has 2 aliphatic heterocycles. The number of benzene rings is 3. The number of rotatable bonds is 12. The number of hydrogen-bond donors (Lipinski definition) is 9. The highest BCUT2D eigenvalue weighted by molar-refractivity contribution is 7.66. The molecule has 10 N–H and O–H groups in total. The summed E-state index contributed by atoms with van der Waals surface area (Å²) in [6, 6.07) is 12.1. The average molecular weight is 902 g/mol. The number of nitrogens with zero attached hydrogens (tertiary/aromatic N) is 2. The second kappa shape index (κ2) is 16.5. The lowest BCUT2D eigenvalue weighted by Gasteiger charge is -2.19. The zero-order valence-corrected chi connectivity index (χ0v) is 33.3. The number of phosphoric ester groups is 1. The first-order chi connectivity index (χ1) is 28.7. The molecule has 0 spiro atoms. The van der Waals surface area contributed by atoms with E-state index in [0.717, 1.165) is 0 Å².